The van der Waals surface area contributed by atoms with Gasteiger partial charge in [0.25, 0.3) is 0 Å². The number of rotatable bonds is 8. The standard InChI is InChI=1S/C7H17NO3S2/c1-12-6-4-8-13(10,11)7-3-2-5-9/h8-9H,2-7H2,1H3. The van der Waals surface area contributed by atoms with Gasteiger partial charge in [-0.3, -0.25) is 0 Å². The molecule has 0 aromatic heterocycles. The van der Waals surface area contributed by atoms with Gasteiger partial charge in [0.2, 0.25) is 10.0 Å². The van der Waals surface area contributed by atoms with Gasteiger partial charge in [-0.2, -0.15) is 11.8 Å². The number of hydrogen-bond acceptors (Lipinski definition) is 4. The highest BCUT2D eigenvalue weighted by molar-refractivity contribution is 7.98. The minimum Gasteiger partial charge on any atom is -0.396 e. The van der Waals surface area contributed by atoms with Crippen molar-refractivity contribution in [2.45, 2.75) is 12.8 Å². The first-order valence-electron chi connectivity index (χ1n) is 4.19. The molecule has 0 heterocycles. The van der Waals surface area contributed by atoms with Crippen LogP contribution in [0.2, 0.25) is 0 Å². The summed E-state index contributed by atoms with van der Waals surface area (Å²) in [6, 6.07) is 0. The van der Waals surface area contributed by atoms with Crippen LogP contribution in [0, 0.1) is 0 Å². The van der Waals surface area contributed by atoms with E-state index in [9.17, 15) is 8.42 Å². The van der Waals surface area contributed by atoms with E-state index in [4.69, 9.17) is 5.11 Å². The Labute approximate surface area is 84.2 Å². The van der Waals surface area contributed by atoms with Crippen LogP contribution in [-0.4, -0.2) is 44.4 Å². The van der Waals surface area contributed by atoms with Crippen LogP contribution < -0.4 is 4.72 Å². The topological polar surface area (TPSA) is 66.4 Å². The SMILES string of the molecule is CSCCNS(=O)(=O)CCCCO. The second-order valence-electron chi connectivity index (χ2n) is 2.64. The number of nitrogens with one attached hydrogen (secondary N) is 1. The van der Waals surface area contributed by atoms with Crippen LogP contribution in [0.5, 0.6) is 0 Å². The van der Waals surface area contributed by atoms with E-state index in [0.717, 1.165) is 5.75 Å². The summed E-state index contributed by atoms with van der Waals surface area (Å²) in [5.74, 6) is 0.904. The fourth-order valence-corrected chi connectivity index (χ4v) is 2.35. The van der Waals surface area contributed by atoms with Crippen LogP contribution in [0.15, 0.2) is 0 Å². The molecule has 0 amide bonds. The summed E-state index contributed by atoms with van der Waals surface area (Å²) >= 11 is 1.60. The van der Waals surface area contributed by atoms with Crippen LogP contribution in [0.25, 0.3) is 0 Å². The summed E-state index contributed by atoms with van der Waals surface area (Å²) in [6.07, 6.45) is 2.99. The maximum absolute atomic E-state index is 11.2. The van der Waals surface area contributed by atoms with Gasteiger partial charge in [-0.05, 0) is 19.1 Å². The summed E-state index contributed by atoms with van der Waals surface area (Å²) < 4.78 is 24.8. The minimum absolute atomic E-state index is 0.0559. The molecule has 13 heavy (non-hydrogen) atoms. The molecule has 0 radical (unpaired) electrons. The van der Waals surface area contributed by atoms with Crippen LogP contribution in [0.3, 0.4) is 0 Å². The van der Waals surface area contributed by atoms with E-state index in [1.54, 1.807) is 11.8 Å². The second kappa shape index (κ2) is 7.61. The van der Waals surface area contributed by atoms with Crippen molar-refractivity contribution in [1.29, 1.82) is 0 Å². The molecule has 0 unspecified atom stereocenters. The van der Waals surface area contributed by atoms with Crippen molar-refractivity contribution in [3.8, 4) is 0 Å². The monoisotopic (exact) mass is 227 g/mol. The molecule has 80 valence electrons. The van der Waals surface area contributed by atoms with E-state index >= 15 is 0 Å². The van der Waals surface area contributed by atoms with Gasteiger partial charge < -0.3 is 5.11 Å². The molecule has 0 aliphatic rings. The van der Waals surface area contributed by atoms with Crippen molar-refractivity contribution in [2.75, 3.05) is 30.9 Å². The van der Waals surface area contributed by atoms with Gasteiger partial charge in [0.05, 0.1) is 5.75 Å². The first kappa shape index (κ1) is 13.2. The maximum Gasteiger partial charge on any atom is 0.211 e. The van der Waals surface area contributed by atoms with Gasteiger partial charge in [0.15, 0.2) is 0 Å². The predicted octanol–water partition coefficient (Wildman–Crippen LogP) is 0.0413. The van der Waals surface area contributed by atoms with Crippen molar-refractivity contribution in [1.82, 2.24) is 4.72 Å². The molecule has 0 aromatic rings. The molecule has 0 fully saturated rings. The average Bonchev–Trinajstić information content (AvgIpc) is 2.05. The molecular weight excluding hydrogens is 210 g/mol. The zero-order valence-electron chi connectivity index (χ0n) is 7.82. The Morgan fingerprint density at radius 1 is 1.38 bits per heavy atom. The average molecular weight is 227 g/mol. The van der Waals surface area contributed by atoms with Crippen molar-refractivity contribution >= 4 is 21.8 Å². The summed E-state index contributed by atoms with van der Waals surface area (Å²) in [6.45, 7) is 0.545. The summed E-state index contributed by atoms with van der Waals surface area (Å²) in [5.41, 5.74) is 0. The molecule has 0 aromatic carbocycles. The first-order chi connectivity index (χ1) is 6.12. The third-order valence-corrected chi connectivity index (χ3v) is 3.53. The molecule has 0 bridgehead atoms. The third kappa shape index (κ3) is 8.55. The van der Waals surface area contributed by atoms with Gasteiger partial charge in [-0.1, -0.05) is 0 Å². The lowest BCUT2D eigenvalue weighted by molar-refractivity contribution is 0.287. The second-order valence-corrected chi connectivity index (χ2v) is 5.55. The Balaban J connectivity index is 3.55. The molecule has 6 heteroatoms. The highest BCUT2D eigenvalue weighted by Gasteiger charge is 2.07. The Bertz CT molecular complexity index is 188. The Morgan fingerprint density at radius 3 is 2.62 bits per heavy atom. The zero-order valence-corrected chi connectivity index (χ0v) is 9.46. The molecule has 0 spiro atoms. The highest BCUT2D eigenvalue weighted by Crippen LogP contribution is 1.94. The van der Waals surface area contributed by atoms with Gasteiger partial charge in [0.1, 0.15) is 0 Å². The van der Waals surface area contributed by atoms with Gasteiger partial charge >= 0.3 is 0 Å². The van der Waals surface area contributed by atoms with Crippen LogP contribution in [0.4, 0.5) is 0 Å². The first-order valence-corrected chi connectivity index (χ1v) is 7.24. The van der Waals surface area contributed by atoms with E-state index in [1.807, 2.05) is 6.26 Å². The Hall–Kier alpha value is 0.220. The normalized spacial score (nSPS) is 11.8. The van der Waals surface area contributed by atoms with Gasteiger partial charge in [0, 0.05) is 18.9 Å². The molecule has 4 nitrogen and oxygen atoms in total. The number of sulfonamides is 1. The van der Waals surface area contributed by atoms with Crippen molar-refractivity contribution in [2.24, 2.45) is 0 Å². The molecule has 0 aliphatic carbocycles. The number of aliphatic hydroxyl groups excluding tert-OH is 1. The van der Waals surface area contributed by atoms with Crippen LogP contribution in [0.1, 0.15) is 12.8 Å². The minimum atomic E-state index is -3.10. The lowest BCUT2D eigenvalue weighted by Crippen LogP contribution is -2.28. The maximum atomic E-state index is 11.2. The molecule has 0 rings (SSSR count). The van der Waals surface area contributed by atoms with Crippen molar-refractivity contribution < 1.29 is 13.5 Å². The molecule has 2 N–H and O–H groups in total. The molecular formula is C7H17NO3S2. The lowest BCUT2D eigenvalue weighted by atomic mass is 10.4. The quantitative estimate of drug-likeness (QED) is 0.575. The molecule has 0 saturated heterocycles. The number of unbranched alkanes of at least 4 members (excludes halogenated alkanes) is 1. The third-order valence-electron chi connectivity index (χ3n) is 1.45. The molecule has 0 atom stereocenters. The van der Waals surface area contributed by atoms with Crippen molar-refractivity contribution in [3.05, 3.63) is 0 Å². The zero-order chi connectivity index (χ0) is 10.2. The van der Waals surface area contributed by atoms with E-state index in [-0.39, 0.29) is 12.4 Å². The highest BCUT2D eigenvalue weighted by atomic mass is 32.2. The van der Waals surface area contributed by atoms with Crippen LogP contribution in [-0.2, 0) is 10.0 Å². The number of thioether (sulfide) groups is 1. The fourth-order valence-electron chi connectivity index (χ4n) is 0.775. The van der Waals surface area contributed by atoms with E-state index in [1.165, 1.54) is 0 Å². The van der Waals surface area contributed by atoms with Crippen LogP contribution >= 0.6 is 11.8 Å². The smallest absolute Gasteiger partial charge is 0.211 e. The number of hydrogen-bond donors (Lipinski definition) is 2. The Morgan fingerprint density at radius 2 is 2.08 bits per heavy atom. The summed E-state index contributed by atoms with van der Waals surface area (Å²) in [7, 11) is -3.10. The van der Waals surface area contributed by atoms with Gasteiger partial charge in [-0.25, -0.2) is 13.1 Å². The summed E-state index contributed by atoms with van der Waals surface area (Å²) in [5, 5.41) is 8.46. The fraction of sp³-hybridized carbons (Fsp3) is 1.00. The number of aliphatic hydroxyl groups is 1. The molecule has 0 saturated carbocycles. The van der Waals surface area contributed by atoms with Gasteiger partial charge in [-0.15, -0.1) is 0 Å². The van der Waals surface area contributed by atoms with E-state index < -0.39 is 10.0 Å². The van der Waals surface area contributed by atoms with Crippen molar-refractivity contribution in [3.63, 3.8) is 0 Å². The summed E-state index contributed by atoms with van der Waals surface area (Å²) in [4.78, 5) is 0. The molecule has 0 aliphatic heterocycles. The predicted molar refractivity (Wildman–Crippen MR) is 56.5 cm³/mol. The largest absolute Gasteiger partial charge is 0.396 e. The lowest BCUT2D eigenvalue weighted by Gasteiger charge is -2.04. The van der Waals surface area contributed by atoms with E-state index in [0.29, 0.717) is 19.4 Å². The van der Waals surface area contributed by atoms with E-state index in [2.05, 4.69) is 4.72 Å². The Kier molecular flexibility index (Phi) is 7.74.